The van der Waals surface area contributed by atoms with E-state index in [0.717, 1.165) is 4.57 Å². The number of aliphatic hydroxyl groups excluding tert-OH is 2. The lowest BCUT2D eigenvalue weighted by molar-refractivity contribution is -0.0506. The molecule has 18 heavy (non-hydrogen) atoms. The van der Waals surface area contributed by atoms with Crippen molar-refractivity contribution in [3.05, 3.63) is 22.7 Å². The van der Waals surface area contributed by atoms with Gasteiger partial charge in [0, 0.05) is 6.20 Å². The summed E-state index contributed by atoms with van der Waals surface area (Å²) in [5, 5.41) is 18.6. The first-order chi connectivity index (χ1) is 8.37. The Hall–Kier alpha value is -1.03. The summed E-state index contributed by atoms with van der Waals surface area (Å²) in [4.78, 5) is 15.0. The molecular formula is C9H11BrFN3O4. The summed E-state index contributed by atoms with van der Waals surface area (Å²) >= 11 is 2.67. The molecule has 0 saturated carbocycles. The molecule has 1 aromatic rings. The number of ether oxygens (including phenoxy) is 1. The molecule has 7 nitrogen and oxygen atoms in total. The minimum Gasteiger partial charge on any atom is -0.394 e. The van der Waals surface area contributed by atoms with Crippen molar-refractivity contribution in [3.63, 3.8) is 0 Å². The second-order valence-electron chi connectivity index (χ2n) is 3.87. The average molecular weight is 324 g/mol. The average Bonchev–Trinajstić information content (AvgIpc) is 2.52. The molecule has 1 aliphatic rings. The maximum atomic E-state index is 14.3. The number of nitrogens with two attached hydrogens (primary N) is 1. The van der Waals surface area contributed by atoms with Crippen LogP contribution in [-0.4, -0.2) is 43.2 Å². The molecule has 1 saturated heterocycles. The van der Waals surface area contributed by atoms with Gasteiger partial charge in [0.1, 0.15) is 18.0 Å². The van der Waals surface area contributed by atoms with Crippen molar-refractivity contribution in [2.75, 3.05) is 12.3 Å². The first-order valence-corrected chi connectivity index (χ1v) is 5.84. The van der Waals surface area contributed by atoms with Crippen LogP contribution in [0.15, 0.2) is 17.1 Å². The Morgan fingerprint density at radius 3 is 2.89 bits per heavy atom. The van der Waals surface area contributed by atoms with Gasteiger partial charge in [-0.2, -0.15) is 4.98 Å². The Bertz CT molecular complexity index is 509. The summed E-state index contributed by atoms with van der Waals surface area (Å²) < 4.78 is 17.8. The van der Waals surface area contributed by atoms with Crippen LogP contribution in [0.4, 0.5) is 10.2 Å². The largest absolute Gasteiger partial charge is 0.394 e. The maximum absolute atomic E-state index is 14.3. The van der Waals surface area contributed by atoms with Crippen LogP contribution in [-0.2, 0) is 4.74 Å². The number of nitrogen functional groups attached to an aromatic ring is 1. The highest BCUT2D eigenvalue weighted by Gasteiger charge is 2.56. The van der Waals surface area contributed by atoms with E-state index in [1.807, 2.05) is 0 Å². The SMILES string of the molecule is Nc1ccn([C@@H]2O[C@H](CO)[C@@H](O)[C@@]2(F)Br)c(=O)n1. The van der Waals surface area contributed by atoms with Gasteiger partial charge in [0.15, 0.2) is 6.23 Å². The number of nitrogens with zero attached hydrogens (tertiary/aromatic N) is 2. The van der Waals surface area contributed by atoms with Gasteiger partial charge in [0.2, 0.25) is 4.58 Å². The van der Waals surface area contributed by atoms with Gasteiger partial charge in [-0.3, -0.25) is 4.57 Å². The van der Waals surface area contributed by atoms with E-state index < -0.39 is 35.3 Å². The number of aliphatic hydroxyl groups is 2. The number of aromatic nitrogens is 2. The molecule has 9 heteroatoms. The highest BCUT2D eigenvalue weighted by Crippen LogP contribution is 2.45. The molecule has 1 aliphatic heterocycles. The summed E-state index contributed by atoms with van der Waals surface area (Å²) in [7, 11) is 0. The molecule has 0 spiro atoms. The zero-order valence-corrected chi connectivity index (χ0v) is 10.6. The molecule has 0 amide bonds. The predicted octanol–water partition coefficient (Wildman–Crippen LogP) is -0.863. The molecule has 1 aromatic heterocycles. The van der Waals surface area contributed by atoms with Crippen LogP contribution in [0.25, 0.3) is 0 Å². The Labute approximate surface area is 109 Å². The lowest BCUT2D eigenvalue weighted by atomic mass is 10.1. The second kappa shape index (κ2) is 4.57. The first-order valence-electron chi connectivity index (χ1n) is 5.04. The van der Waals surface area contributed by atoms with Crippen molar-refractivity contribution in [2.24, 2.45) is 0 Å². The van der Waals surface area contributed by atoms with Crippen LogP contribution in [0.1, 0.15) is 6.23 Å². The third kappa shape index (κ3) is 2.03. The van der Waals surface area contributed by atoms with Crippen LogP contribution >= 0.6 is 15.9 Å². The Balaban J connectivity index is 2.42. The number of hydrogen-bond acceptors (Lipinski definition) is 6. The molecule has 4 atom stereocenters. The Morgan fingerprint density at radius 1 is 1.72 bits per heavy atom. The van der Waals surface area contributed by atoms with Crippen LogP contribution < -0.4 is 11.4 Å². The van der Waals surface area contributed by atoms with E-state index in [2.05, 4.69) is 20.9 Å². The smallest absolute Gasteiger partial charge is 0.351 e. The number of rotatable bonds is 2. The molecule has 0 aromatic carbocycles. The molecule has 4 N–H and O–H groups in total. The van der Waals surface area contributed by atoms with E-state index >= 15 is 0 Å². The summed E-state index contributed by atoms with van der Waals surface area (Å²) in [6.07, 6.45) is -2.98. The van der Waals surface area contributed by atoms with Gasteiger partial charge in [-0.25, -0.2) is 9.18 Å². The lowest BCUT2D eigenvalue weighted by Crippen LogP contribution is -2.40. The molecule has 100 valence electrons. The zero-order valence-electron chi connectivity index (χ0n) is 9.03. The monoisotopic (exact) mass is 323 g/mol. The van der Waals surface area contributed by atoms with Gasteiger partial charge < -0.3 is 20.7 Å². The molecule has 2 rings (SSSR count). The third-order valence-corrected chi connectivity index (χ3v) is 3.52. The van der Waals surface area contributed by atoms with Crippen LogP contribution in [0.3, 0.4) is 0 Å². The third-order valence-electron chi connectivity index (χ3n) is 2.66. The van der Waals surface area contributed by atoms with Gasteiger partial charge in [0.25, 0.3) is 0 Å². The second-order valence-corrected chi connectivity index (χ2v) is 5.09. The standard InChI is InChI=1S/C9H11BrFN3O4/c10-9(11)6(16)4(3-15)18-7(9)14-2-1-5(12)13-8(14)17/h1-2,4,6-7,15-16H,3H2,(H2,12,13,17)/t4-,6-,7-,9+/m1/s1. The highest BCUT2D eigenvalue weighted by atomic mass is 79.9. The normalized spacial score (nSPS) is 35.9. The molecule has 0 bridgehead atoms. The maximum Gasteiger partial charge on any atom is 0.351 e. The molecule has 0 unspecified atom stereocenters. The van der Waals surface area contributed by atoms with Crippen molar-refractivity contribution in [1.82, 2.24) is 9.55 Å². The molecule has 2 heterocycles. The van der Waals surface area contributed by atoms with Crippen LogP contribution in [0, 0.1) is 0 Å². The van der Waals surface area contributed by atoms with Gasteiger partial charge in [-0.05, 0) is 22.0 Å². The Morgan fingerprint density at radius 2 is 2.39 bits per heavy atom. The van der Waals surface area contributed by atoms with E-state index in [9.17, 15) is 14.3 Å². The molecular weight excluding hydrogens is 313 g/mol. The van der Waals surface area contributed by atoms with Crippen molar-refractivity contribution in [3.8, 4) is 0 Å². The predicted molar refractivity (Wildman–Crippen MR) is 62.7 cm³/mol. The lowest BCUT2D eigenvalue weighted by Gasteiger charge is -2.22. The van der Waals surface area contributed by atoms with Crippen molar-refractivity contribution >= 4 is 21.7 Å². The van der Waals surface area contributed by atoms with E-state index in [1.165, 1.54) is 12.3 Å². The van der Waals surface area contributed by atoms with Gasteiger partial charge in [-0.1, -0.05) is 0 Å². The fourth-order valence-corrected chi connectivity index (χ4v) is 2.35. The molecule has 0 radical (unpaired) electrons. The van der Waals surface area contributed by atoms with Crippen molar-refractivity contribution in [1.29, 1.82) is 0 Å². The van der Waals surface area contributed by atoms with E-state index in [4.69, 9.17) is 15.6 Å². The Kier molecular flexibility index (Phi) is 3.41. The number of anilines is 1. The number of alkyl halides is 2. The van der Waals surface area contributed by atoms with Crippen molar-refractivity contribution in [2.45, 2.75) is 23.0 Å². The van der Waals surface area contributed by atoms with E-state index in [0.29, 0.717) is 0 Å². The number of hydrogen-bond donors (Lipinski definition) is 3. The topological polar surface area (TPSA) is 111 Å². The van der Waals surface area contributed by atoms with Crippen LogP contribution in [0.5, 0.6) is 0 Å². The number of halogens is 2. The minimum absolute atomic E-state index is 0.00691. The quantitative estimate of drug-likeness (QED) is 0.611. The van der Waals surface area contributed by atoms with Gasteiger partial charge >= 0.3 is 5.69 Å². The molecule has 1 fully saturated rings. The summed E-state index contributed by atoms with van der Waals surface area (Å²) in [5.41, 5.74) is 4.50. The highest BCUT2D eigenvalue weighted by molar-refractivity contribution is 9.10. The van der Waals surface area contributed by atoms with Crippen molar-refractivity contribution < 1.29 is 19.3 Å². The van der Waals surface area contributed by atoms with E-state index in [1.54, 1.807) is 0 Å². The van der Waals surface area contributed by atoms with Gasteiger partial charge in [-0.15, -0.1) is 0 Å². The summed E-state index contributed by atoms with van der Waals surface area (Å²) in [6, 6.07) is 1.30. The summed E-state index contributed by atoms with van der Waals surface area (Å²) in [6.45, 7) is -0.577. The fraction of sp³-hybridized carbons (Fsp3) is 0.556. The van der Waals surface area contributed by atoms with Crippen LogP contribution in [0.2, 0.25) is 0 Å². The zero-order chi connectivity index (χ0) is 13.5. The fourth-order valence-electron chi connectivity index (χ4n) is 1.72. The minimum atomic E-state index is -2.40. The first kappa shape index (κ1) is 13.4. The molecule has 0 aliphatic carbocycles. The summed E-state index contributed by atoms with van der Waals surface area (Å²) in [5.74, 6) is -0.00691. The van der Waals surface area contributed by atoms with Gasteiger partial charge in [0.05, 0.1) is 6.61 Å². The van der Waals surface area contributed by atoms with E-state index in [-0.39, 0.29) is 5.82 Å².